The van der Waals surface area contributed by atoms with Crippen molar-refractivity contribution in [3.05, 3.63) is 0 Å². The van der Waals surface area contributed by atoms with Crippen molar-refractivity contribution in [2.24, 2.45) is 0 Å². The summed E-state index contributed by atoms with van der Waals surface area (Å²) in [7, 11) is 0. The van der Waals surface area contributed by atoms with E-state index >= 15 is 0 Å². The number of rotatable bonds is 4. The Morgan fingerprint density at radius 3 is 2.47 bits per heavy atom. The van der Waals surface area contributed by atoms with Gasteiger partial charge in [-0.05, 0) is 33.1 Å². The van der Waals surface area contributed by atoms with Crippen molar-refractivity contribution >= 4 is 0 Å². The Kier molecular flexibility index (Phi) is 4.88. The molecule has 1 aliphatic carbocycles. The van der Waals surface area contributed by atoms with Crippen molar-refractivity contribution in [2.45, 2.75) is 76.8 Å². The second-order valence-electron chi connectivity index (χ2n) is 6.85. The number of nitrogens with one attached hydrogen (secondary N) is 1. The fraction of sp³-hybridized carbons (Fsp3) is 1.00. The number of ether oxygens (including phenoxy) is 1. The van der Waals surface area contributed by atoms with Crippen molar-refractivity contribution in [3.63, 3.8) is 0 Å². The molecule has 2 aliphatic rings. The van der Waals surface area contributed by atoms with E-state index in [1.54, 1.807) is 0 Å². The maximum Gasteiger partial charge on any atom is 0.0678 e. The second kappa shape index (κ2) is 6.08. The molecular formula is C15H30N2O2. The summed E-state index contributed by atoms with van der Waals surface area (Å²) < 4.78 is 5.81. The van der Waals surface area contributed by atoms with Gasteiger partial charge in [0.2, 0.25) is 0 Å². The normalized spacial score (nSPS) is 41.1. The van der Waals surface area contributed by atoms with Crippen molar-refractivity contribution in [1.82, 2.24) is 10.2 Å². The van der Waals surface area contributed by atoms with Crippen LogP contribution in [0, 0.1) is 0 Å². The Morgan fingerprint density at radius 2 is 1.95 bits per heavy atom. The molecule has 1 heterocycles. The van der Waals surface area contributed by atoms with E-state index in [-0.39, 0.29) is 12.1 Å². The summed E-state index contributed by atoms with van der Waals surface area (Å²) in [6.45, 7) is 10.9. The molecule has 1 saturated carbocycles. The van der Waals surface area contributed by atoms with Crippen LogP contribution < -0.4 is 5.32 Å². The maximum absolute atomic E-state index is 9.78. The third kappa shape index (κ3) is 3.69. The summed E-state index contributed by atoms with van der Waals surface area (Å²) in [4.78, 5) is 2.57. The lowest BCUT2D eigenvalue weighted by atomic mass is 9.97. The molecule has 2 rings (SSSR count). The van der Waals surface area contributed by atoms with E-state index in [0.29, 0.717) is 24.3 Å². The van der Waals surface area contributed by atoms with E-state index < -0.39 is 0 Å². The topological polar surface area (TPSA) is 44.7 Å². The maximum atomic E-state index is 9.78. The molecule has 4 heteroatoms. The van der Waals surface area contributed by atoms with E-state index in [1.165, 1.54) is 6.42 Å². The summed E-state index contributed by atoms with van der Waals surface area (Å²) in [5.74, 6) is 0. The van der Waals surface area contributed by atoms with Gasteiger partial charge >= 0.3 is 0 Å². The van der Waals surface area contributed by atoms with Crippen LogP contribution >= 0.6 is 0 Å². The summed E-state index contributed by atoms with van der Waals surface area (Å²) in [5, 5.41) is 13.4. The highest BCUT2D eigenvalue weighted by Gasteiger charge is 2.42. The quantitative estimate of drug-likeness (QED) is 0.810. The van der Waals surface area contributed by atoms with Crippen LogP contribution in [0.25, 0.3) is 0 Å². The molecule has 2 N–H and O–H groups in total. The zero-order chi connectivity index (χ0) is 14.0. The van der Waals surface area contributed by atoms with Crippen LogP contribution in [0.5, 0.6) is 0 Å². The smallest absolute Gasteiger partial charge is 0.0678 e. The van der Waals surface area contributed by atoms with Crippen LogP contribution in [0.1, 0.15) is 47.0 Å². The van der Waals surface area contributed by atoms with Crippen LogP contribution in [0.15, 0.2) is 0 Å². The molecule has 4 atom stereocenters. The molecule has 1 saturated heterocycles. The summed E-state index contributed by atoms with van der Waals surface area (Å²) in [6.07, 6.45) is 3.96. The highest BCUT2D eigenvalue weighted by Crippen LogP contribution is 2.34. The molecule has 0 aromatic carbocycles. The molecule has 1 aliphatic heterocycles. The lowest BCUT2D eigenvalue weighted by Gasteiger charge is -2.40. The Labute approximate surface area is 117 Å². The molecule has 19 heavy (non-hydrogen) atoms. The van der Waals surface area contributed by atoms with E-state index in [9.17, 15) is 5.11 Å². The van der Waals surface area contributed by atoms with Crippen LogP contribution in [0.2, 0.25) is 0 Å². The van der Waals surface area contributed by atoms with Crippen molar-refractivity contribution in [1.29, 1.82) is 0 Å². The molecule has 2 fully saturated rings. The predicted molar refractivity (Wildman–Crippen MR) is 77.3 cm³/mol. The van der Waals surface area contributed by atoms with Gasteiger partial charge in [0.15, 0.2) is 0 Å². The van der Waals surface area contributed by atoms with Gasteiger partial charge in [-0.3, -0.25) is 4.90 Å². The SMILES string of the molecule is CC(C)NC1(CO)CCC(N2CC(C)OC(C)C2)C1. The monoisotopic (exact) mass is 270 g/mol. The van der Waals surface area contributed by atoms with Crippen molar-refractivity contribution in [3.8, 4) is 0 Å². The Balaban J connectivity index is 1.96. The minimum absolute atomic E-state index is 0.0659. The highest BCUT2D eigenvalue weighted by molar-refractivity contribution is 5.01. The molecule has 4 unspecified atom stereocenters. The fourth-order valence-electron chi connectivity index (χ4n) is 3.86. The molecule has 112 valence electrons. The highest BCUT2D eigenvalue weighted by atomic mass is 16.5. The summed E-state index contributed by atoms with van der Waals surface area (Å²) in [5.41, 5.74) is -0.0659. The first-order valence-corrected chi connectivity index (χ1v) is 7.72. The van der Waals surface area contributed by atoms with Crippen molar-refractivity contribution in [2.75, 3.05) is 19.7 Å². The third-order valence-electron chi connectivity index (χ3n) is 4.44. The van der Waals surface area contributed by atoms with Gasteiger partial charge in [-0.15, -0.1) is 0 Å². The van der Waals surface area contributed by atoms with Gasteiger partial charge in [-0.2, -0.15) is 0 Å². The molecule has 0 aromatic rings. The largest absolute Gasteiger partial charge is 0.394 e. The van der Waals surface area contributed by atoms with Gasteiger partial charge in [0, 0.05) is 30.7 Å². The summed E-state index contributed by atoms with van der Waals surface area (Å²) in [6, 6.07) is 1.01. The van der Waals surface area contributed by atoms with Crippen LogP contribution in [0.3, 0.4) is 0 Å². The molecule has 4 nitrogen and oxygen atoms in total. The Hall–Kier alpha value is -0.160. The first kappa shape index (κ1) is 15.2. The molecule has 0 spiro atoms. The number of aliphatic hydroxyl groups is 1. The fourth-order valence-corrected chi connectivity index (χ4v) is 3.86. The number of hydrogen-bond donors (Lipinski definition) is 2. The van der Waals surface area contributed by atoms with Gasteiger partial charge in [-0.1, -0.05) is 13.8 Å². The minimum Gasteiger partial charge on any atom is -0.394 e. The molecular weight excluding hydrogens is 240 g/mol. The molecule has 0 aromatic heterocycles. The number of hydrogen-bond acceptors (Lipinski definition) is 4. The van der Waals surface area contributed by atoms with E-state index in [4.69, 9.17) is 4.74 Å². The summed E-state index contributed by atoms with van der Waals surface area (Å²) >= 11 is 0. The number of nitrogens with zero attached hydrogens (tertiary/aromatic N) is 1. The van der Waals surface area contributed by atoms with Gasteiger partial charge in [-0.25, -0.2) is 0 Å². The van der Waals surface area contributed by atoms with Crippen LogP contribution in [-0.2, 0) is 4.74 Å². The van der Waals surface area contributed by atoms with E-state index in [1.807, 2.05) is 0 Å². The molecule has 0 amide bonds. The first-order valence-electron chi connectivity index (χ1n) is 7.72. The number of morpholine rings is 1. The van der Waals surface area contributed by atoms with Gasteiger partial charge in [0.1, 0.15) is 0 Å². The van der Waals surface area contributed by atoms with Gasteiger partial charge in [0.05, 0.1) is 18.8 Å². The van der Waals surface area contributed by atoms with E-state index in [2.05, 4.69) is 37.9 Å². The van der Waals surface area contributed by atoms with Crippen molar-refractivity contribution < 1.29 is 9.84 Å². The van der Waals surface area contributed by atoms with Crippen LogP contribution in [0.4, 0.5) is 0 Å². The van der Waals surface area contributed by atoms with Crippen LogP contribution in [-0.4, -0.2) is 59.5 Å². The zero-order valence-corrected chi connectivity index (χ0v) is 12.9. The first-order chi connectivity index (χ1) is 8.94. The Morgan fingerprint density at radius 1 is 1.32 bits per heavy atom. The standard InChI is InChI=1S/C15H30N2O2/c1-11(2)16-15(10-18)6-5-14(7-15)17-8-12(3)19-13(4)9-17/h11-14,16,18H,5-10H2,1-4H3. The van der Waals surface area contributed by atoms with E-state index in [0.717, 1.165) is 25.9 Å². The predicted octanol–water partition coefficient (Wildman–Crippen LogP) is 1.38. The van der Waals surface area contributed by atoms with Gasteiger partial charge < -0.3 is 15.2 Å². The second-order valence-corrected chi connectivity index (χ2v) is 6.85. The average molecular weight is 270 g/mol. The third-order valence-corrected chi connectivity index (χ3v) is 4.44. The molecule has 0 radical (unpaired) electrons. The minimum atomic E-state index is -0.0659. The Bertz CT molecular complexity index is 288. The lowest BCUT2D eigenvalue weighted by Crippen LogP contribution is -2.53. The van der Waals surface area contributed by atoms with Gasteiger partial charge in [0.25, 0.3) is 0 Å². The zero-order valence-electron chi connectivity index (χ0n) is 12.9. The molecule has 0 bridgehead atoms. The number of aliphatic hydroxyl groups excluding tert-OH is 1. The average Bonchev–Trinajstić information content (AvgIpc) is 2.72. The lowest BCUT2D eigenvalue weighted by molar-refractivity contribution is -0.0805.